The van der Waals surface area contributed by atoms with Crippen LogP contribution in [0.1, 0.15) is 12.0 Å². The first kappa shape index (κ1) is 18.2. The first-order valence-corrected chi connectivity index (χ1v) is 8.01. The molecule has 1 N–H and O–H groups in total. The molecule has 0 saturated carbocycles. The molecule has 2 aromatic carbocycles. The quantitative estimate of drug-likeness (QED) is 0.470. The summed E-state index contributed by atoms with van der Waals surface area (Å²) in [5.41, 5.74) is 0.737. The van der Waals surface area contributed by atoms with Crippen molar-refractivity contribution in [3.05, 3.63) is 58.1 Å². The molecule has 0 radical (unpaired) electrons. The van der Waals surface area contributed by atoms with Gasteiger partial charge in [0.05, 0.1) is 24.1 Å². The third-order valence-corrected chi connectivity index (χ3v) is 3.92. The molecule has 9 nitrogen and oxygen atoms in total. The van der Waals surface area contributed by atoms with Crippen molar-refractivity contribution in [1.82, 2.24) is 0 Å². The monoisotopic (exact) mass is 372 g/mol. The number of non-ortho nitro benzene ring substituents is 1. The molecule has 0 bridgehead atoms. The fourth-order valence-corrected chi connectivity index (χ4v) is 2.59. The van der Waals surface area contributed by atoms with Gasteiger partial charge in [0.25, 0.3) is 11.6 Å². The van der Waals surface area contributed by atoms with E-state index < -0.39 is 22.9 Å². The Bertz CT molecular complexity index is 897. The Morgan fingerprint density at radius 3 is 2.81 bits per heavy atom. The van der Waals surface area contributed by atoms with Crippen LogP contribution in [0.25, 0.3) is 0 Å². The number of carbonyl (C=O) groups excluding carboxylic acids is 2. The molecule has 9 heteroatoms. The lowest BCUT2D eigenvalue weighted by atomic mass is 10.1. The highest BCUT2D eigenvalue weighted by Crippen LogP contribution is 2.30. The lowest BCUT2D eigenvalue weighted by molar-refractivity contribution is -0.385. The normalized spacial score (nSPS) is 15.1. The Balaban J connectivity index is 1.63. The number of nitro benzene ring substituents is 1. The summed E-state index contributed by atoms with van der Waals surface area (Å²) in [6.07, 6.45) is -1.31. The number of nitrogens with one attached hydrogen (secondary N) is 1. The number of nitro groups is 1. The number of hydrogen-bond donors (Lipinski definition) is 1. The lowest BCUT2D eigenvalue weighted by Crippen LogP contribution is -2.38. The second kappa shape index (κ2) is 7.73. The average molecular weight is 372 g/mol. The largest absolute Gasteiger partial charge is 0.496 e. The van der Waals surface area contributed by atoms with E-state index in [0.717, 1.165) is 0 Å². The van der Waals surface area contributed by atoms with Gasteiger partial charge < -0.3 is 19.5 Å². The van der Waals surface area contributed by atoms with Crippen molar-refractivity contribution < 1.29 is 28.7 Å². The van der Waals surface area contributed by atoms with Crippen LogP contribution >= 0.6 is 0 Å². The molecule has 1 aliphatic heterocycles. The fraction of sp³-hybridized carbons (Fsp3) is 0.222. The molecule has 1 aliphatic rings. The van der Waals surface area contributed by atoms with Crippen molar-refractivity contribution in [2.45, 2.75) is 19.1 Å². The van der Waals surface area contributed by atoms with Crippen molar-refractivity contribution in [2.75, 3.05) is 12.4 Å². The number of amides is 1. The van der Waals surface area contributed by atoms with Gasteiger partial charge in [0, 0.05) is 17.7 Å². The number of nitrogens with zero attached hydrogens (tertiary/aromatic N) is 1. The smallest absolute Gasteiger partial charge is 0.310 e. The zero-order valence-corrected chi connectivity index (χ0v) is 14.3. The van der Waals surface area contributed by atoms with Crippen LogP contribution in [0, 0.1) is 10.1 Å². The van der Waals surface area contributed by atoms with Gasteiger partial charge >= 0.3 is 5.97 Å². The van der Waals surface area contributed by atoms with Crippen LogP contribution < -0.4 is 14.8 Å². The van der Waals surface area contributed by atoms with Crippen LogP contribution in [0.3, 0.4) is 0 Å². The molecular weight excluding hydrogens is 356 g/mol. The van der Waals surface area contributed by atoms with Gasteiger partial charge in [-0.05, 0) is 18.2 Å². The minimum atomic E-state index is -1.01. The SMILES string of the molecule is COc1ccc([N+](=O)[O-])cc1COC(=O)CC1Oc2ccccc2NC1=O. The van der Waals surface area contributed by atoms with Crippen molar-refractivity contribution in [3.63, 3.8) is 0 Å². The highest BCUT2D eigenvalue weighted by molar-refractivity contribution is 5.99. The molecule has 2 aromatic rings. The van der Waals surface area contributed by atoms with Crippen LogP contribution in [0.15, 0.2) is 42.5 Å². The summed E-state index contributed by atoms with van der Waals surface area (Å²) in [5.74, 6) is -0.300. The molecule has 140 valence electrons. The Kier molecular flexibility index (Phi) is 5.20. The van der Waals surface area contributed by atoms with E-state index in [4.69, 9.17) is 14.2 Å². The van der Waals surface area contributed by atoms with Crippen LogP contribution in [0.4, 0.5) is 11.4 Å². The number of carbonyl (C=O) groups is 2. The number of fused-ring (bicyclic) bond motifs is 1. The highest BCUT2D eigenvalue weighted by Gasteiger charge is 2.30. The Morgan fingerprint density at radius 2 is 2.07 bits per heavy atom. The van der Waals surface area contributed by atoms with E-state index in [0.29, 0.717) is 22.7 Å². The average Bonchev–Trinajstić information content (AvgIpc) is 2.66. The Morgan fingerprint density at radius 1 is 1.30 bits per heavy atom. The van der Waals surface area contributed by atoms with E-state index in [2.05, 4.69) is 5.32 Å². The van der Waals surface area contributed by atoms with Gasteiger partial charge in [-0.2, -0.15) is 0 Å². The minimum absolute atomic E-state index is 0.145. The molecular formula is C18H16N2O7. The van der Waals surface area contributed by atoms with Crippen LogP contribution in [0.5, 0.6) is 11.5 Å². The maximum Gasteiger partial charge on any atom is 0.310 e. The van der Waals surface area contributed by atoms with Crippen LogP contribution in [-0.2, 0) is 20.9 Å². The van der Waals surface area contributed by atoms with Crippen LogP contribution in [-0.4, -0.2) is 30.0 Å². The van der Waals surface area contributed by atoms with E-state index in [9.17, 15) is 19.7 Å². The van der Waals surface area contributed by atoms with Gasteiger partial charge in [0.15, 0.2) is 6.10 Å². The molecule has 1 heterocycles. The standard InChI is InChI=1S/C18H16N2O7/c1-25-14-7-6-12(20(23)24)8-11(14)10-26-17(21)9-16-18(22)19-13-4-2-3-5-15(13)27-16/h2-8,16H,9-10H2,1H3,(H,19,22). The minimum Gasteiger partial charge on any atom is -0.496 e. The third-order valence-electron chi connectivity index (χ3n) is 3.92. The molecule has 1 amide bonds. The summed E-state index contributed by atoms with van der Waals surface area (Å²) in [6.45, 7) is -0.228. The van der Waals surface area contributed by atoms with Crippen molar-refractivity contribution in [2.24, 2.45) is 0 Å². The van der Waals surface area contributed by atoms with Gasteiger partial charge in [0.2, 0.25) is 0 Å². The molecule has 27 heavy (non-hydrogen) atoms. The first-order valence-electron chi connectivity index (χ1n) is 8.01. The summed E-state index contributed by atoms with van der Waals surface area (Å²) in [7, 11) is 1.41. The number of para-hydroxylation sites is 2. The predicted molar refractivity (Wildman–Crippen MR) is 93.5 cm³/mol. The van der Waals surface area contributed by atoms with Gasteiger partial charge in [-0.3, -0.25) is 19.7 Å². The fourth-order valence-electron chi connectivity index (χ4n) is 2.59. The van der Waals surface area contributed by atoms with E-state index in [-0.39, 0.29) is 18.7 Å². The highest BCUT2D eigenvalue weighted by atomic mass is 16.6. The lowest BCUT2D eigenvalue weighted by Gasteiger charge is -2.25. The zero-order chi connectivity index (χ0) is 19.4. The van der Waals surface area contributed by atoms with E-state index >= 15 is 0 Å². The van der Waals surface area contributed by atoms with Crippen molar-refractivity contribution in [3.8, 4) is 11.5 Å². The van der Waals surface area contributed by atoms with E-state index in [1.165, 1.54) is 25.3 Å². The summed E-state index contributed by atoms with van der Waals surface area (Å²) in [4.78, 5) is 34.5. The molecule has 0 fully saturated rings. The molecule has 3 rings (SSSR count). The molecule has 1 unspecified atom stereocenters. The van der Waals surface area contributed by atoms with E-state index in [1.54, 1.807) is 24.3 Å². The number of benzene rings is 2. The summed E-state index contributed by atoms with van der Waals surface area (Å²) < 4.78 is 15.8. The molecule has 0 aliphatic carbocycles. The van der Waals surface area contributed by atoms with Gasteiger partial charge in [-0.15, -0.1) is 0 Å². The van der Waals surface area contributed by atoms with E-state index in [1.807, 2.05) is 0 Å². The van der Waals surface area contributed by atoms with Gasteiger partial charge in [0.1, 0.15) is 18.1 Å². The molecule has 0 aromatic heterocycles. The molecule has 0 saturated heterocycles. The summed E-state index contributed by atoms with van der Waals surface area (Å²) in [6, 6.07) is 10.9. The van der Waals surface area contributed by atoms with Crippen LogP contribution in [0.2, 0.25) is 0 Å². The Labute approximate surface area is 154 Å². The number of anilines is 1. The van der Waals surface area contributed by atoms with Gasteiger partial charge in [-0.25, -0.2) is 0 Å². The third kappa shape index (κ3) is 4.14. The maximum absolute atomic E-state index is 12.1. The molecule has 0 spiro atoms. The molecule has 1 atom stereocenters. The number of rotatable bonds is 6. The first-order chi connectivity index (χ1) is 13.0. The Hall–Kier alpha value is -3.62. The zero-order valence-electron chi connectivity index (χ0n) is 14.3. The topological polar surface area (TPSA) is 117 Å². The van der Waals surface area contributed by atoms with Crippen molar-refractivity contribution in [1.29, 1.82) is 0 Å². The predicted octanol–water partition coefficient (Wildman–Crippen LogP) is 2.44. The number of ether oxygens (including phenoxy) is 3. The second-order valence-electron chi connectivity index (χ2n) is 5.71. The number of esters is 1. The summed E-state index contributed by atoms with van der Waals surface area (Å²) in [5, 5.41) is 13.5. The number of hydrogen-bond acceptors (Lipinski definition) is 7. The number of methoxy groups -OCH3 is 1. The van der Waals surface area contributed by atoms with Gasteiger partial charge in [-0.1, -0.05) is 12.1 Å². The van der Waals surface area contributed by atoms with Crippen molar-refractivity contribution >= 4 is 23.3 Å². The summed E-state index contributed by atoms with van der Waals surface area (Å²) >= 11 is 0. The maximum atomic E-state index is 12.1. The second-order valence-corrected chi connectivity index (χ2v) is 5.71.